The average Bonchev–Trinajstić information content (AvgIpc) is 2.19. The van der Waals surface area contributed by atoms with E-state index in [1.165, 1.54) is 16.7 Å². The standard InChI is InChI=1S/C14H16N2/c1-9-5-6-13(10(2)7-9)14-12(4)16-11(3)8-15-14/h5-8H,1-4H3. The summed E-state index contributed by atoms with van der Waals surface area (Å²) in [6.45, 7) is 8.19. The Morgan fingerprint density at radius 3 is 2.38 bits per heavy atom. The van der Waals surface area contributed by atoms with Gasteiger partial charge in [0.25, 0.3) is 0 Å². The second kappa shape index (κ2) is 4.05. The van der Waals surface area contributed by atoms with Crippen molar-refractivity contribution in [3.63, 3.8) is 0 Å². The lowest BCUT2D eigenvalue weighted by atomic mass is 10.0. The Labute approximate surface area is 96.4 Å². The molecule has 0 fully saturated rings. The maximum absolute atomic E-state index is 4.48. The number of nitrogens with zero attached hydrogens (tertiary/aromatic N) is 2. The molecule has 0 spiro atoms. The number of hydrogen-bond acceptors (Lipinski definition) is 2. The lowest BCUT2D eigenvalue weighted by Gasteiger charge is -2.08. The summed E-state index contributed by atoms with van der Waals surface area (Å²) in [6.07, 6.45) is 1.82. The smallest absolute Gasteiger partial charge is 0.0917 e. The quantitative estimate of drug-likeness (QED) is 0.724. The van der Waals surface area contributed by atoms with Gasteiger partial charge in [-0.1, -0.05) is 23.8 Å². The number of rotatable bonds is 1. The Morgan fingerprint density at radius 1 is 1.00 bits per heavy atom. The maximum atomic E-state index is 4.48. The van der Waals surface area contributed by atoms with Gasteiger partial charge in [-0.15, -0.1) is 0 Å². The molecule has 0 amide bonds. The highest BCUT2D eigenvalue weighted by atomic mass is 14.8. The van der Waals surface area contributed by atoms with Crippen molar-refractivity contribution < 1.29 is 0 Å². The summed E-state index contributed by atoms with van der Waals surface area (Å²) in [7, 11) is 0. The van der Waals surface area contributed by atoms with Crippen LogP contribution in [0.1, 0.15) is 22.5 Å². The highest BCUT2D eigenvalue weighted by molar-refractivity contribution is 5.65. The fourth-order valence-corrected chi connectivity index (χ4v) is 1.94. The third-order valence-corrected chi connectivity index (χ3v) is 2.70. The summed E-state index contributed by atoms with van der Waals surface area (Å²) in [4.78, 5) is 8.93. The molecular formula is C14H16N2. The molecule has 0 aliphatic heterocycles. The van der Waals surface area contributed by atoms with Crippen LogP contribution < -0.4 is 0 Å². The normalized spacial score (nSPS) is 10.5. The summed E-state index contributed by atoms with van der Waals surface area (Å²) in [6, 6.07) is 6.41. The van der Waals surface area contributed by atoms with Gasteiger partial charge < -0.3 is 0 Å². The van der Waals surface area contributed by atoms with Crippen molar-refractivity contribution in [1.82, 2.24) is 9.97 Å². The van der Waals surface area contributed by atoms with E-state index in [0.717, 1.165) is 17.1 Å². The monoisotopic (exact) mass is 212 g/mol. The molecule has 0 aliphatic carbocycles. The van der Waals surface area contributed by atoms with Gasteiger partial charge >= 0.3 is 0 Å². The second-order valence-corrected chi connectivity index (χ2v) is 4.26. The Balaban J connectivity index is 2.59. The molecule has 0 radical (unpaired) electrons. The Hall–Kier alpha value is -1.70. The molecule has 0 atom stereocenters. The number of aromatic nitrogens is 2. The average molecular weight is 212 g/mol. The summed E-state index contributed by atoms with van der Waals surface area (Å²) < 4.78 is 0. The van der Waals surface area contributed by atoms with Crippen LogP contribution in [-0.2, 0) is 0 Å². The van der Waals surface area contributed by atoms with Crippen molar-refractivity contribution in [2.45, 2.75) is 27.7 Å². The molecule has 2 nitrogen and oxygen atoms in total. The van der Waals surface area contributed by atoms with Crippen LogP contribution in [0.2, 0.25) is 0 Å². The van der Waals surface area contributed by atoms with Crippen LogP contribution in [0.15, 0.2) is 24.4 Å². The van der Waals surface area contributed by atoms with Gasteiger partial charge in [0.15, 0.2) is 0 Å². The number of benzene rings is 1. The zero-order chi connectivity index (χ0) is 11.7. The maximum Gasteiger partial charge on any atom is 0.0917 e. The van der Waals surface area contributed by atoms with Crippen molar-refractivity contribution in [2.75, 3.05) is 0 Å². The fraction of sp³-hybridized carbons (Fsp3) is 0.286. The van der Waals surface area contributed by atoms with Crippen molar-refractivity contribution in [3.8, 4) is 11.3 Å². The van der Waals surface area contributed by atoms with Crippen LogP contribution >= 0.6 is 0 Å². The molecule has 0 saturated heterocycles. The molecule has 1 aromatic carbocycles. The van der Waals surface area contributed by atoms with E-state index >= 15 is 0 Å². The van der Waals surface area contributed by atoms with E-state index in [1.54, 1.807) is 0 Å². The minimum atomic E-state index is 0.964. The first-order valence-corrected chi connectivity index (χ1v) is 5.46. The minimum absolute atomic E-state index is 0.964. The van der Waals surface area contributed by atoms with E-state index in [0.29, 0.717) is 0 Å². The predicted molar refractivity (Wildman–Crippen MR) is 66.4 cm³/mol. The van der Waals surface area contributed by atoms with Gasteiger partial charge in [0, 0.05) is 11.8 Å². The Morgan fingerprint density at radius 2 is 1.75 bits per heavy atom. The molecule has 2 heteroatoms. The van der Waals surface area contributed by atoms with Gasteiger partial charge in [0.05, 0.1) is 17.1 Å². The summed E-state index contributed by atoms with van der Waals surface area (Å²) in [5.41, 5.74) is 6.65. The first-order chi connectivity index (χ1) is 7.58. The third-order valence-electron chi connectivity index (χ3n) is 2.70. The minimum Gasteiger partial charge on any atom is -0.255 e. The summed E-state index contributed by atoms with van der Waals surface area (Å²) in [5, 5.41) is 0. The molecule has 16 heavy (non-hydrogen) atoms. The Kier molecular flexibility index (Phi) is 2.73. The van der Waals surface area contributed by atoms with Gasteiger partial charge in [-0.3, -0.25) is 9.97 Å². The van der Waals surface area contributed by atoms with Gasteiger partial charge in [0.2, 0.25) is 0 Å². The first kappa shape index (κ1) is 10.8. The van der Waals surface area contributed by atoms with Crippen molar-refractivity contribution >= 4 is 0 Å². The van der Waals surface area contributed by atoms with Crippen LogP contribution in [0, 0.1) is 27.7 Å². The van der Waals surface area contributed by atoms with E-state index in [4.69, 9.17) is 0 Å². The van der Waals surface area contributed by atoms with Gasteiger partial charge in [0.1, 0.15) is 0 Å². The van der Waals surface area contributed by atoms with Crippen LogP contribution in [0.5, 0.6) is 0 Å². The molecule has 0 bridgehead atoms. The molecule has 82 valence electrons. The van der Waals surface area contributed by atoms with Crippen LogP contribution in [0.25, 0.3) is 11.3 Å². The lowest BCUT2D eigenvalue weighted by Crippen LogP contribution is -1.96. The fourth-order valence-electron chi connectivity index (χ4n) is 1.94. The summed E-state index contributed by atoms with van der Waals surface area (Å²) in [5.74, 6) is 0. The third kappa shape index (κ3) is 1.96. The van der Waals surface area contributed by atoms with Crippen LogP contribution in [0.3, 0.4) is 0 Å². The van der Waals surface area contributed by atoms with Crippen LogP contribution in [0.4, 0.5) is 0 Å². The highest BCUT2D eigenvalue weighted by Gasteiger charge is 2.07. The molecule has 1 heterocycles. The Bertz CT molecular complexity index is 481. The van der Waals surface area contributed by atoms with E-state index in [9.17, 15) is 0 Å². The van der Waals surface area contributed by atoms with E-state index < -0.39 is 0 Å². The van der Waals surface area contributed by atoms with Crippen molar-refractivity contribution in [3.05, 3.63) is 46.9 Å². The SMILES string of the molecule is Cc1ccc(-c2ncc(C)nc2C)c(C)c1. The van der Waals surface area contributed by atoms with Gasteiger partial charge in [-0.05, 0) is 33.3 Å². The molecule has 2 rings (SSSR count). The number of aryl methyl sites for hydroxylation is 4. The largest absolute Gasteiger partial charge is 0.255 e. The zero-order valence-corrected chi connectivity index (χ0v) is 10.2. The molecule has 0 saturated carbocycles. The van der Waals surface area contributed by atoms with E-state index in [1.807, 2.05) is 20.0 Å². The van der Waals surface area contributed by atoms with Crippen molar-refractivity contribution in [1.29, 1.82) is 0 Å². The molecule has 1 aromatic heterocycles. The topological polar surface area (TPSA) is 25.8 Å². The molecule has 0 aliphatic rings. The lowest BCUT2D eigenvalue weighted by molar-refractivity contribution is 1.06. The molecule has 0 N–H and O–H groups in total. The van der Waals surface area contributed by atoms with Gasteiger partial charge in [-0.25, -0.2) is 0 Å². The first-order valence-electron chi connectivity index (χ1n) is 5.46. The van der Waals surface area contributed by atoms with Crippen LogP contribution in [-0.4, -0.2) is 9.97 Å². The molecule has 2 aromatic rings. The molecule has 0 unspecified atom stereocenters. The summed E-state index contributed by atoms with van der Waals surface area (Å²) >= 11 is 0. The second-order valence-electron chi connectivity index (χ2n) is 4.26. The molecular weight excluding hydrogens is 196 g/mol. The van der Waals surface area contributed by atoms with Gasteiger partial charge in [-0.2, -0.15) is 0 Å². The number of hydrogen-bond donors (Lipinski definition) is 0. The van der Waals surface area contributed by atoms with E-state index in [-0.39, 0.29) is 0 Å². The zero-order valence-electron chi connectivity index (χ0n) is 10.2. The van der Waals surface area contributed by atoms with E-state index in [2.05, 4.69) is 42.0 Å². The predicted octanol–water partition coefficient (Wildman–Crippen LogP) is 3.38. The highest BCUT2D eigenvalue weighted by Crippen LogP contribution is 2.24. The van der Waals surface area contributed by atoms with Crippen molar-refractivity contribution in [2.24, 2.45) is 0 Å².